The monoisotopic (exact) mass is 359 g/mol. The van der Waals surface area contributed by atoms with Crippen LogP contribution in [0.15, 0.2) is 35.4 Å². The first-order valence-corrected chi connectivity index (χ1v) is 8.72. The Hall–Kier alpha value is -2.25. The van der Waals surface area contributed by atoms with Crippen molar-refractivity contribution in [1.29, 1.82) is 0 Å². The van der Waals surface area contributed by atoms with Gasteiger partial charge in [0, 0.05) is 5.54 Å². The number of aliphatic carboxylic acids is 1. The molecule has 0 aromatic heterocycles. The van der Waals surface area contributed by atoms with Crippen molar-refractivity contribution in [2.24, 2.45) is 5.73 Å². The average molecular weight is 360 g/mol. The maximum absolute atomic E-state index is 10.9. The predicted octanol–water partition coefficient (Wildman–Crippen LogP) is 4.75. The Morgan fingerprint density at radius 3 is 2.08 bits per heavy atom. The van der Waals surface area contributed by atoms with Gasteiger partial charge >= 0.3 is 5.97 Å². The third-order valence-corrected chi connectivity index (χ3v) is 3.29. The van der Waals surface area contributed by atoms with Crippen molar-refractivity contribution in [2.75, 3.05) is 6.61 Å². The van der Waals surface area contributed by atoms with Gasteiger partial charge in [-0.3, -0.25) is 4.79 Å². The van der Waals surface area contributed by atoms with Crippen LogP contribution in [0.2, 0.25) is 0 Å². The number of allylic oxidation sites excluding steroid dienone is 1. The van der Waals surface area contributed by atoms with Crippen molar-refractivity contribution < 1.29 is 14.6 Å². The van der Waals surface area contributed by atoms with E-state index in [0.29, 0.717) is 6.61 Å². The van der Waals surface area contributed by atoms with Crippen LogP contribution in [0.25, 0.3) is 0 Å². The summed E-state index contributed by atoms with van der Waals surface area (Å²) in [5.74, 6) is 5.38. The fourth-order valence-electron chi connectivity index (χ4n) is 1.73. The normalized spacial score (nSPS) is 11.2. The van der Waals surface area contributed by atoms with E-state index in [-0.39, 0.29) is 17.9 Å². The fourth-order valence-corrected chi connectivity index (χ4v) is 1.73. The Morgan fingerprint density at radius 2 is 1.69 bits per heavy atom. The highest BCUT2D eigenvalue weighted by molar-refractivity contribution is 5.69. The van der Waals surface area contributed by atoms with Crippen LogP contribution in [-0.4, -0.2) is 23.2 Å². The summed E-state index contributed by atoms with van der Waals surface area (Å²) in [6.45, 7) is 14.3. The summed E-state index contributed by atoms with van der Waals surface area (Å²) in [6, 6.07) is 7.48. The molecule has 26 heavy (non-hydrogen) atoms. The Balaban J connectivity index is 0.00000110. The SMILES string of the molecule is CC#CC(CC(=O)O)c1ccc(OCC(C)=C(C)C)cc1.CC(C)(C)N. The van der Waals surface area contributed by atoms with E-state index in [1.165, 1.54) is 11.1 Å². The highest BCUT2D eigenvalue weighted by Crippen LogP contribution is 2.22. The molecule has 1 aromatic rings. The molecule has 1 rings (SSSR count). The van der Waals surface area contributed by atoms with Crippen LogP contribution >= 0.6 is 0 Å². The first-order chi connectivity index (χ1) is 11.9. The molecular formula is C22H33NO3. The van der Waals surface area contributed by atoms with Crippen molar-refractivity contribution in [3.8, 4) is 17.6 Å². The Labute approximate surface area is 158 Å². The Bertz CT molecular complexity index is 645. The highest BCUT2D eigenvalue weighted by atomic mass is 16.5. The molecule has 0 aliphatic carbocycles. The van der Waals surface area contributed by atoms with E-state index in [4.69, 9.17) is 15.6 Å². The molecule has 0 aliphatic rings. The number of ether oxygens (including phenoxy) is 1. The van der Waals surface area contributed by atoms with Crippen LogP contribution in [0.5, 0.6) is 5.75 Å². The van der Waals surface area contributed by atoms with E-state index in [1.807, 2.05) is 52.0 Å². The fraction of sp³-hybridized carbons (Fsp3) is 0.500. The smallest absolute Gasteiger partial charge is 0.304 e. The number of hydrogen-bond acceptors (Lipinski definition) is 3. The number of nitrogens with two attached hydrogens (primary N) is 1. The maximum atomic E-state index is 10.9. The lowest BCUT2D eigenvalue weighted by atomic mass is 9.96. The lowest BCUT2D eigenvalue weighted by Gasteiger charge is -2.11. The molecule has 0 heterocycles. The molecule has 0 saturated heterocycles. The molecule has 0 spiro atoms. The summed E-state index contributed by atoms with van der Waals surface area (Å²) in [5.41, 5.74) is 8.72. The second-order valence-corrected chi connectivity index (χ2v) is 7.55. The summed E-state index contributed by atoms with van der Waals surface area (Å²) in [7, 11) is 0. The van der Waals surface area contributed by atoms with Crippen molar-refractivity contribution in [1.82, 2.24) is 0 Å². The van der Waals surface area contributed by atoms with Crippen LogP contribution < -0.4 is 10.5 Å². The van der Waals surface area contributed by atoms with Gasteiger partial charge in [-0.15, -0.1) is 5.92 Å². The average Bonchev–Trinajstić information content (AvgIpc) is 2.50. The molecule has 4 nitrogen and oxygen atoms in total. The summed E-state index contributed by atoms with van der Waals surface area (Å²) in [6.07, 6.45) is 0.0118. The van der Waals surface area contributed by atoms with Gasteiger partial charge in [0.25, 0.3) is 0 Å². The van der Waals surface area contributed by atoms with Gasteiger partial charge in [-0.1, -0.05) is 23.6 Å². The van der Waals surface area contributed by atoms with Crippen molar-refractivity contribution in [2.45, 2.75) is 66.3 Å². The van der Waals surface area contributed by atoms with E-state index < -0.39 is 5.97 Å². The van der Waals surface area contributed by atoms with Gasteiger partial charge in [-0.2, -0.15) is 0 Å². The zero-order chi connectivity index (χ0) is 20.3. The van der Waals surface area contributed by atoms with Gasteiger partial charge in [-0.05, 0) is 71.7 Å². The number of carboxylic acids is 1. The first-order valence-electron chi connectivity index (χ1n) is 8.72. The second-order valence-electron chi connectivity index (χ2n) is 7.55. The molecule has 1 aromatic carbocycles. The van der Waals surface area contributed by atoms with Gasteiger partial charge in [0.15, 0.2) is 0 Å². The summed E-state index contributed by atoms with van der Waals surface area (Å²) in [4.78, 5) is 10.9. The molecule has 1 unspecified atom stereocenters. The summed E-state index contributed by atoms with van der Waals surface area (Å²) in [5, 5.41) is 8.93. The molecule has 0 radical (unpaired) electrons. The lowest BCUT2D eigenvalue weighted by molar-refractivity contribution is -0.137. The third-order valence-electron chi connectivity index (χ3n) is 3.29. The highest BCUT2D eigenvalue weighted by Gasteiger charge is 2.13. The van der Waals surface area contributed by atoms with Gasteiger partial charge in [0.1, 0.15) is 12.4 Å². The van der Waals surface area contributed by atoms with E-state index in [0.717, 1.165) is 11.3 Å². The molecule has 3 N–H and O–H groups in total. The minimum Gasteiger partial charge on any atom is -0.489 e. The van der Waals surface area contributed by atoms with Crippen molar-refractivity contribution >= 4 is 5.97 Å². The number of carbonyl (C=O) groups is 1. The zero-order valence-electron chi connectivity index (χ0n) is 17.1. The molecule has 0 amide bonds. The van der Waals surface area contributed by atoms with E-state index in [1.54, 1.807) is 6.92 Å². The largest absolute Gasteiger partial charge is 0.489 e. The number of hydrogen-bond donors (Lipinski definition) is 2. The Morgan fingerprint density at radius 1 is 1.19 bits per heavy atom. The minimum absolute atomic E-state index is 0. The second kappa shape index (κ2) is 11.4. The summed E-state index contributed by atoms with van der Waals surface area (Å²) < 4.78 is 5.69. The molecular weight excluding hydrogens is 326 g/mol. The van der Waals surface area contributed by atoms with Gasteiger partial charge in [0.2, 0.25) is 0 Å². The third kappa shape index (κ3) is 12.2. The van der Waals surface area contributed by atoms with Crippen molar-refractivity contribution in [3.63, 3.8) is 0 Å². The van der Waals surface area contributed by atoms with Crippen LogP contribution in [0.3, 0.4) is 0 Å². The predicted molar refractivity (Wildman–Crippen MR) is 108 cm³/mol. The standard InChI is InChI=1S/C18H22O3.C4H11N/c1-5-6-16(11-18(19)20)15-7-9-17(10-8-15)21-12-14(4)13(2)3;1-4(2,3)5/h7-10,16H,11-12H2,1-4H3,(H,19,20);5H2,1-3H3. The minimum atomic E-state index is -0.845. The van der Waals surface area contributed by atoms with Crippen molar-refractivity contribution in [3.05, 3.63) is 41.0 Å². The topological polar surface area (TPSA) is 72.5 Å². The van der Waals surface area contributed by atoms with Gasteiger partial charge in [-0.25, -0.2) is 0 Å². The van der Waals surface area contributed by atoms with Crippen LogP contribution in [0.1, 0.15) is 66.4 Å². The number of rotatable bonds is 6. The summed E-state index contributed by atoms with van der Waals surface area (Å²) >= 11 is 0. The van der Waals surface area contributed by atoms with E-state index >= 15 is 0 Å². The number of carboxylic acid groups (broad SMARTS) is 1. The molecule has 1 atom stereocenters. The molecule has 144 valence electrons. The van der Waals surface area contributed by atoms with E-state index in [9.17, 15) is 4.79 Å². The Kier molecular flexibility index (Phi) is 10.4. The van der Waals surface area contributed by atoms with Crippen LogP contribution in [0.4, 0.5) is 0 Å². The van der Waals surface area contributed by atoms with Crippen LogP contribution in [-0.2, 0) is 4.79 Å². The maximum Gasteiger partial charge on any atom is 0.304 e. The van der Waals surface area contributed by atoms with Gasteiger partial charge in [0.05, 0.1) is 12.3 Å². The first kappa shape index (κ1) is 23.8. The molecule has 0 fully saturated rings. The zero-order valence-corrected chi connectivity index (χ0v) is 17.1. The molecule has 4 heteroatoms. The van der Waals surface area contributed by atoms with Crippen LogP contribution in [0, 0.1) is 11.8 Å². The molecule has 0 bridgehead atoms. The van der Waals surface area contributed by atoms with Gasteiger partial charge < -0.3 is 15.6 Å². The molecule has 0 aliphatic heterocycles. The quantitative estimate of drug-likeness (QED) is 0.568. The lowest BCUT2D eigenvalue weighted by Crippen LogP contribution is -2.26. The van der Waals surface area contributed by atoms with E-state index in [2.05, 4.69) is 25.7 Å². The molecule has 0 saturated carbocycles. The number of benzene rings is 1.